The Bertz CT molecular complexity index is 714. The van der Waals surface area contributed by atoms with E-state index in [0.29, 0.717) is 0 Å². The van der Waals surface area contributed by atoms with Crippen LogP contribution in [0.5, 0.6) is 0 Å². The maximum atomic E-state index is 12.4. The van der Waals surface area contributed by atoms with Crippen molar-refractivity contribution in [1.29, 1.82) is 0 Å². The normalized spacial score (nSPS) is 19.5. The number of hydrogen-bond acceptors (Lipinski definition) is 3. The van der Waals surface area contributed by atoms with Crippen molar-refractivity contribution in [2.75, 3.05) is 6.54 Å². The van der Waals surface area contributed by atoms with Gasteiger partial charge in [0, 0.05) is 35.8 Å². The average molecular weight is 288 g/mol. The summed E-state index contributed by atoms with van der Waals surface area (Å²) in [5.74, 6) is 0. The molecule has 1 unspecified atom stereocenters. The van der Waals surface area contributed by atoms with Crippen molar-refractivity contribution < 1.29 is 0 Å². The quantitative estimate of drug-likeness (QED) is 0.922. The molecule has 21 heavy (non-hydrogen) atoms. The lowest BCUT2D eigenvalue weighted by molar-refractivity contribution is 0.555. The summed E-state index contributed by atoms with van der Waals surface area (Å²) in [6.07, 6.45) is 2.26. The largest absolute Gasteiger partial charge is 0.328 e. The Hall–Kier alpha value is -1.62. The van der Waals surface area contributed by atoms with E-state index in [9.17, 15) is 4.79 Å². The van der Waals surface area contributed by atoms with E-state index in [1.807, 2.05) is 0 Å². The summed E-state index contributed by atoms with van der Waals surface area (Å²) in [4.78, 5) is 12.4. The lowest BCUT2D eigenvalue weighted by atomic mass is 9.92. The maximum Gasteiger partial charge on any atom is 0.274 e. The third-order valence-corrected chi connectivity index (χ3v) is 4.26. The molecule has 0 bridgehead atoms. The van der Waals surface area contributed by atoms with Crippen LogP contribution in [0.1, 0.15) is 58.0 Å². The first-order chi connectivity index (χ1) is 9.91. The van der Waals surface area contributed by atoms with Crippen molar-refractivity contribution in [3.05, 3.63) is 33.9 Å². The van der Waals surface area contributed by atoms with Gasteiger partial charge in [0.05, 0.1) is 5.69 Å². The van der Waals surface area contributed by atoms with Crippen molar-refractivity contribution in [3.63, 3.8) is 0 Å². The highest BCUT2D eigenvalue weighted by Crippen LogP contribution is 2.26. The van der Waals surface area contributed by atoms with Crippen molar-refractivity contribution >= 4 is 5.65 Å². The Morgan fingerprint density at radius 3 is 2.71 bits per heavy atom. The van der Waals surface area contributed by atoms with Crippen molar-refractivity contribution in [1.82, 2.24) is 19.5 Å². The van der Waals surface area contributed by atoms with Crippen LogP contribution in [0.25, 0.3) is 5.65 Å². The molecule has 0 aromatic carbocycles. The molecule has 1 saturated heterocycles. The summed E-state index contributed by atoms with van der Waals surface area (Å²) in [6, 6.07) is 4.10. The van der Waals surface area contributed by atoms with Crippen molar-refractivity contribution in [3.8, 4) is 0 Å². The van der Waals surface area contributed by atoms with Crippen LogP contribution < -0.4 is 10.9 Å². The summed E-state index contributed by atoms with van der Waals surface area (Å²) in [7, 11) is 0. The zero-order valence-corrected chi connectivity index (χ0v) is 13.3. The molecule has 114 valence electrons. The molecular formula is C16H24N4O. The fourth-order valence-corrected chi connectivity index (χ4v) is 3.06. The van der Waals surface area contributed by atoms with Gasteiger partial charge in [0.15, 0.2) is 0 Å². The molecule has 1 N–H and O–H groups in total. The molecule has 5 nitrogen and oxygen atoms in total. The van der Waals surface area contributed by atoms with Gasteiger partial charge in [-0.2, -0.15) is 9.61 Å². The van der Waals surface area contributed by atoms with Crippen LogP contribution in [0, 0.1) is 0 Å². The van der Waals surface area contributed by atoms with E-state index in [0.717, 1.165) is 36.5 Å². The number of aryl methyl sites for hydroxylation is 1. The number of fused-ring (bicyclic) bond motifs is 1. The second-order valence-electron chi connectivity index (χ2n) is 6.85. The predicted molar refractivity (Wildman–Crippen MR) is 83.8 cm³/mol. The van der Waals surface area contributed by atoms with Gasteiger partial charge in [-0.3, -0.25) is 4.79 Å². The van der Waals surface area contributed by atoms with Gasteiger partial charge in [-0.25, -0.2) is 0 Å². The zero-order valence-electron chi connectivity index (χ0n) is 13.3. The minimum atomic E-state index is -0.0597. The van der Waals surface area contributed by atoms with Gasteiger partial charge >= 0.3 is 0 Å². The monoisotopic (exact) mass is 288 g/mol. The number of aromatic nitrogens is 3. The Morgan fingerprint density at radius 1 is 1.38 bits per heavy atom. The molecular weight excluding hydrogens is 264 g/mol. The van der Waals surface area contributed by atoms with Gasteiger partial charge in [0.2, 0.25) is 0 Å². The Kier molecular flexibility index (Phi) is 3.40. The third-order valence-electron chi connectivity index (χ3n) is 4.26. The molecule has 1 aliphatic heterocycles. The summed E-state index contributed by atoms with van der Waals surface area (Å²) >= 11 is 0. The van der Waals surface area contributed by atoms with Crippen LogP contribution in [-0.2, 0) is 12.0 Å². The van der Waals surface area contributed by atoms with E-state index in [-0.39, 0.29) is 17.0 Å². The molecule has 3 heterocycles. The molecule has 0 saturated carbocycles. The average Bonchev–Trinajstić information content (AvgIpc) is 3.07. The molecule has 3 rings (SSSR count). The summed E-state index contributed by atoms with van der Waals surface area (Å²) < 4.78 is 3.76. The standard InChI is InChI=1S/C16H24N4O/c1-5-19-12(11-7-6-8-17-11)9-15(21)20-14(19)10-13(18-20)16(2,3)4/h9-11,17H,5-8H2,1-4H3. The van der Waals surface area contributed by atoms with Gasteiger partial charge < -0.3 is 9.88 Å². The molecule has 1 aliphatic rings. The zero-order chi connectivity index (χ0) is 15.2. The fourth-order valence-electron chi connectivity index (χ4n) is 3.06. The van der Waals surface area contributed by atoms with Crippen LogP contribution in [0.15, 0.2) is 16.9 Å². The second-order valence-corrected chi connectivity index (χ2v) is 6.85. The molecule has 0 amide bonds. The molecule has 1 atom stereocenters. The fraction of sp³-hybridized carbons (Fsp3) is 0.625. The van der Waals surface area contributed by atoms with Gasteiger partial charge in [-0.05, 0) is 26.3 Å². The number of hydrogen-bond donors (Lipinski definition) is 1. The molecule has 0 radical (unpaired) electrons. The minimum Gasteiger partial charge on any atom is -0.328 e. The van der Waals surface area contributed by atoms with Crippen molar-refractivity contribution in [2.24, 2.45) is 0 Å². The molecule has 1 fully saturated rings. The molecule has 2 aromatic heterocycles. The van der Waals surface area contributed by atoms with E-state index < -0.39 is 0 Å². The van der Waals surface area contributed by atoms with E-state index in [4.69, 9.17) is 0 Å². The van der Waals surface area contributed by atoms with E-state index >= 15 is 0 Å². The topological polar surface area (TPSA) is 51.3 Å². The summed E-state index contributed by atoms with van der Waals surface area (Å²) in [5.41, 5.74) is 2.86. The first kappa shape index (κ1) is 14.3. The first-order valence-corrected chi connectivity index (χ1v) is 7.79. The van der Waals surface area contributed by atoms with E-state index in [1.54, 1.807) is 10.6 Å². The lowest BCUT2D eigenvalue weighted by Crippen LogP contribution is -2.25. The minimum absolute atomic E-state index is 0.0334. The van der Waals surface area contributed by atoms with Gasteiger partial charge in [-0.1, -0.05) is 20.8 Å². The van der Waals surface area contributed by atoms with Gasteiger partial charge in [-0.15, -0.1) is 0 Å². The summed E-state index contributed by atoms with van der Waals surface area (Å²) in [5, 5.41) is 8.01. The third kappa shape index (κ3) is 2.39. The number of rotatable bonds is 2. The molecule has 5 heteroatoms. The Balaban J connectivity index is 2.25. The Morgan fingerprint density at radius 2 is 2.14 bits per heavy atom. The number of nitrogens with one attached hydrogen (secondary N) is 1. The van der Waals surface area contributed by atoms with Crippen LogP contribution in [0.4, 0.5) is 0 Å². The Labute approximate surface area is 125 Å². The molecule has 2 aromatic rings. The van der Waals surface area contributed by atoms with Gasteiger partial charge in [0.1, 0.15) is 5.65 Å². The highest BCUT2D eigenvalue weighted by Gasteiger charge is 2.24. The SMILES string of the molecule is CCn1c(C2CCCN2)cc(=O)n2nc(C(C)(C)C)cc12. The van der Waals surface area contributed by atoms with Crippen LogP contribution in [0.3, 0.4) is 0 Å². The summed E-state index contributed by atoms with van der Waals surface area (Å²) in [6.45, 7) is 10.3. The van der Waals surface area contributed by atoms with Crippen LogP contribution >= 0.6 is 0 Å². The molecule has 0 aliphatic carbocycles. The first-order valence-electron chi connectivity index (χ1n) is 7.79. The van der Waals surface area contributed by atoms with E-state index in [1.165, 1.54) is 6.42 Å². The second kappa shape index (κ2) is 4.98. The van der Waals surface area contributed by atoms with Crippen LogP contribution in [0.2, 0.25) is 0 Å². The lowest BCUT2D eigenvalue weighted by Gasteiger charge is -2.18. The molecule has 0 spiro atoms. The highest BCUT2D eigenvalue weighted by molar-refractivity contribution is 5.44. The number of nitrogens with zero attached hydrogens (tertiary/aromatic N) is 3. The van der Waals surface area contributed by atoms with Gasteiger partial charge in [0.25, 0.3) is 5.56 Å². The predicted octanol–water partition coefficient (Wildman–Crippen LogP) is 2.24. The van der Waals surface area contributed by atoms with Crippen LogP contribution in [-0.4, -0.2) is 20.7 Å². The maximum absolute atomic E-state index is 12.4. The highest BCUT2D eigenvalue weighted by atomic mass is 16.1. The van der Waals surface area contributed by atoms with Crippen molar-refractivity contribution in [2.45, 2.75) is 58.5 Å². The smallest absolute Gasteiger partial charge is 0.274 e. The van der Waals surface area contributed by atoms with E-state index in [2.05, 4.69) is 48.7 Å².